The zero-order valence-electron chi connectivity index (χ0n) is 14.9. The molecule has 2 aliphatic rings. The lowest BCUT2D eigenvalue weighted by atomic mass is 10.0. The Labute approximate surface area is 158 Å². The summed E-state index contributed by atoms with van der Waals surface area (Å²) in [7, 11) is -1.69. The van der Waals surface area contributed by atoms with Crippen molar-refractivity contribution in [1.29, 1.82) is 5.26 Å². The Morgan fingerprint density at radius 3 is 2.70 bits per heavy atom. The van der Waals surface area contributed by atoms with Crippen molar-refractivity contribution in [3.05, 3.63) is 53.9 Å². The fraction of sp³-hybridized carbons (Fsp3) is 0.316. The van der Waals surface area contributed by atoms with Gasteiger partial charge < -0.3 is 9.80 Å². The molecule has 0 radical (unpaired) electrons. The topological polar surface area (TPSA) is 89.7 Å². The van der Waals surface area contributed by atoms with E-state index in [2.05, 4.69) is 20.4 Å². The van der Waals surface area contributed by atoms with Gasteiger partial charge in [-0.3, -0.25) is 0 Å². The maximum Gasteiger partial charge on any atom is 0.285 e. The van der Waals surface area contributed by atoms with E-state index < -0.39 is 10.0 Å². The molecule has 0 spiro atoms. The first-order valence-electron chi connectivity index (χ1n) is 8.78. The minimum Gasteiger partial charge on any atom is -0.371 e. The molecule has 4 rings (SSSR count). The highest BCUT2D eigenvalue weighted by molar-refractivity contribution is 7.90. The number of pyridine rings is 1. The number of sulfonamides is 1. The van der Waals surface area contributed by atoms with Crippen LogP contribution in [0.3, 0.4) is 0 Å². The Kier molecular flexibility index (Phi) is 4.32. The molecule has 138 valence electrons. The van der Waals surface area contributed by atoms with E-state index in [1.54, 1.807) is 24.4 Å². The summed E-state index contributed by atoms with van der Waals surface area (Å²) in [5.74, 6) is 0.528. The largest absolute Gasteiger partial charge is 0.371 e. The van der Waals surface area contributed by atoms with E-state index in [4.69, 9.17) is 5.26 Å². The van der Waals surface area contributed by atoms with Crippen LogP contribution in [-0.2, 0) is 10.0 Å². The van der Waals surface area contributed by atoms with E-state index in [9.17, 15) is 8.42 Å². The summed E-state index contributed by atoms with van der Waals surface area (Å²) in [5, 5.41) is 9.02. The van der Waals surface area contributed by atoms with Gasteiger partial charge >= 0.3 is 0 Å². The normalized spacial score (nSPS) is 18.5. The molecule has 1 saturated heterocycles. The lowest BCUT2D eigenvalue weighted by molar-refractivity contribution is 0.306. The predicted molar refractivity (Wildman–Crippen MR) is 102 cm³/mol. The molecule has 3 heterocycles. The Morgan fingerprint density at radius 1 is 1.22 bits per heavy atom. The SMILES string of the molecule is CN(C1=NS(=O)(=O)c2ccccc21)C1CCN(c2ccnc(C#N)c2)CC1. The van der Waals surface area contributed by atoms with Crippen LogP contribution in [0.4, 0.5) is 5.69 Å². The summed E-state index contributed by atoms with van der Waals surface area (Å²) < 4.78 is 28.6. The molecule has 0 amide bonds. The summed E-state index contributed by atoms with van der Waals surface area (Å²) in [5.41, 5.74) is 2.08. The average Bonchev–Trinajstić information content (AvgIpc) is 2.99. The van der Waals surface area contributed by atoms with Gasteiger partial charge in [0.2, 0.25) is 0 Å². The zero-order chi connectivity index (χ0) is 19.0. The summed E-state index contributed by atoms with van der Waals surface area (Å²) in [6.07, 6.45) is 3.41. The summed E-state index contributed by atoms with van der Waals surface area (Å²) in [6.45, 7) is 1.65. The van der Waals surface area contributed by atoms with Crippen molar-refractivity contribution < 1.29 is 8.42 Å². The smallest absolute Gasteiger partial charge is 0.285 e. The van der Waals surface area contributed by atoms with Gasteiger partial charge in [0.15, 0.2) is 5.84 Å². The van der Waals surface area contributed by atoms with Gasteiger partial charge in [-0.1, -0.05) is 12.1 Å². The lowest BCUT2D eigenvalue weighted by Gasteiger charge is -2.38. The van der Waals surface area contributed by atoms with Gasteiger partial charge in [0.05, 0.1) is 0 Å². The van der Waals surface area contributed by atoms with Crippen LogP contribution in [-0.4, -0.2) is 50.3 Å². The van der Waals surface area contributed by atoms with Crippen molar-refractivity contribution in [3.63, 3.8) is 0 Å². The van der Waals surface area contributed by atoms with Crippen LogP contribution in [0.15, 0.2) is 51.9 Å². The number of amidine groups is 1. The molecule has 7 nitrogen and oxygen atoms in total. The monoisotopic (exact) mass is 381 g/mol. The second kappa shape index (κ2) is 6.67. The van der Waals surface area contributed by atoms with Crippen LogP contribution in [0.1, 0.15) is 24.1 Å². The first kappa shape index (κ1) is 17.5. The highest BCUT2D eigenvalue weighted by atomic mass is 32.2. The summed E-state index contributed by atoms with van der Waals surface area (Å²) in [4.78, 5) is 8.52. The van der Waals surface area contributed by atoms with Gasteiger partial charge in [-0.25, -0.2) is 4.98 Å². The van der Waals surface area contributed by atoms with Crippen molar-refractivity contribution in [3.8, 4) is 6.07 Å². The molecule has 2 aliphatic heterocycles. The number of nitrogens with zero attached hydrogens (tertiary/aromatic N) is 5. The Bertz CT molecular complexity index is 1050. The van der Waals surface area contributed by atoms with Crippen LogP contribution in [0.25, 0.3) is 0 Å². The second-order valence-electron chi connectivity index (χ2n) is 6.73. The van der Waals surface area contributed by atoms with Crippen LogP contribution < -0.4 is 4.90 Å². The first-order chi connectivity index (χ1) is 13.0. The average molecular weight is 381 g/mol. The summed E-state index contributed by atoms with van der Waals surface area (Å²) in [6, 6.07) is 13.0. The van der Waals surface area contributed by atoms with Crippen molar-refractivity contribution in [2.24, 2.45) is 4.40 Å². The fourth-order valence-electron chi connectivity index (χ4n) is 3.70. The third kappa shape index (κ3) is 3.15. The molecule has 27 heavy (non-hydrogen) atoms. The van der Waals surface area contributed by atoms with Crippen molar-refractivity contribution in [2.45, 2.75) is 23.8 Å². The number of aromatic nitrogens is 1. The molecule has 0 aliphatic carbocycles. The number of anilines is 1. The lowest BCUT2D eigenvalue weighted by Crippen LogP contribution is -2.45. The van der Waals surface area contributed by atoms with E-state index in [1.165, 1.54) is 0 Å². The number of hydrogen-bond donors (Lipinski definition) is 0. The number of piperidine rings is 1. The third-order valence-electron chi connectivity index (χ3n) is 5.18. The zero-order valence-corrected chi connectivity index (χ0v) is 15.7. The van der Waals surface area contributed by atoms with Crippen LogP contribution in [0, 0.1) is 11.3 Å². The van der Waals surface area contributed by atoms with E-state index in [1.807, 2.05) is 30.1 Å². The molecule has 0 bridgehead atoms. The molecule has 1 aromatic heterocycles. The molecule has 8 heteroatoms. The van der Waals surface area contributed by atoms with E-state index >= 15 is 0 Å². The standard InChI is InChI=1S/C19H19N5O2S/c1-23(19-17-4-2-3-5-18(17)27(25,26)22-19)15-7-10-24(11-8-15)16-6-9-21-14(12-16)13-20/h2-6,9,12,15H,7-8,10-11H2,1H3. The third-order valence-corrected chi connectivity index (χ3v) is 6.51. The predicted octanol–water partition coefficient (Wildman–Crippen LogP) is 2.00. The molecule has 1 fully saturated rings. The van der Waals surface area contributed by atoms with Crippen LogP contribution >= 0.6 is 0 Å². The number of fused-ring (bicyclic) bond motifs is 1. The van der Waals surface area contributed by atoms with E-state index in [0.29, 0.717) is 17.1 Å². The Balaban J connectivity index is 1.50. The molecule has 2 aromatic rings. The highest BCUT2D eigenvalue weighted by Crippen LogP contribution is 2.30. The number of hydrogen-bond acceptors (Lipinski definition) is 6. The quantitative estimate of drug-likeness (QED) is 0.790. The van der Waals surface area contributed by atoms with Gasteiger partial charge in [-0.2, -0.15) is 13.7 Å². The van der Waals surface area contributed by atoms with E-state index in [-0.39, 0.29) is 10.9 Å². The molecule has 0 saturated carbocycles. The van der Waals surface area contributed by atoms with Gasteiger partial charge in [0.25, 0.3) is 10.0 Å². The van der Waals surface area contributed by atoms with Crippen molar-refractivity contribution >= 4 is 21.5 Å². The van der Waals surface area contributed by atoms with Crippen LogP contribution in [0.2, 0.25) is 0 Å². The maximum atomic E-state index is 12.3. The molecule has 0 N–H and O–H groups in total. The minimum absolute atomic E-state index is 0.207. The molecular formula is C19H19N5O2S. The van der Waals surface area contributed by atoms with Crippen LogP contribution in [0.5, 0.6) is 0 Å². The number of rotatable bonds is 2. The number of benzene rings is 1. The Morgan fingerprint density at radius 2 is 1.96 bits per heavy atom. The highest BCUT2D eigenvalue weighted by Gasteiger charge is 2.33. The van der Waals surface area contributed by atoms with Crippen molar-refractivity contribution in [2.75, 3.05) is 25.0 Å². The second-order valence-corrected chi connectivity index (χ2v) is 8.30. The molecule has 1 aromatic carbocycles. The molecule has 0 unspecified atom stereocenters. The minimum atomic E-state index is -3.60. The van der Waals surface area contributed by atoms with Gasteiger partial charge in [0.1, 0.15) is 16.7 Å². The fourth-order valence-corrected chi connectivity index (χ4v) is 4.95. The van der Waals surface area contributed by atoms with E-state index in [0.717, 1.165) is 31.6 Å². The summed E-state index contributed by atoms with van der Waals surface area (Å²) >= 11 is 0. The van der Waals surface area contributed by atoms with Gasteiger partial charge in [-0.05, 0) is 37.1 Å². The number of nitriles is 1. The molecular weight excluding hydrogens is 362 g/mol. The first-order valence-corrected chi connectivity index (χ1v) is 10.2. The van der Waals surface area contributed by atoms with Gasteiger partial charge in [0, 0.05) is 43.6 Å². The van der Waals surface area contributed by atoms with Crippen molar-refractivity contribution in [1.82, 2.24) is 9.88 Å². The molecule has 0 atom stereocenters. The Hall–Kier alpha value is -2.92. The van der Waals surface area contributed by atoms with Gasteiger partial charge in [-0.15, -0.1) is 4.40 Å². The maximum absolute atomic E-state index is 12.3.